The minimum Gasteiger partial charge on any atom is -0.508 e. The van der Waals surface area contributed by atoms with Gasteiger partial charge in [0.15, 0.2) is 0 Å². The van der Waals surface area contributed by atoms with E-state index in [0.717, 1.165) is 16.7 Å². The number of aliphatic carboxylic acids is 4. The second-order valence-corrected chi connectivity index (χ2v) is 34.7. The number of benzene rings is 2. The second-order valence-electron chi connectivity index (χ2n) is 34.7. The van der Waals surface area contributed by atoms with Crippen LogP contribution in [0.15, 0.2) is 54.6 Å². The van der Waals surface area contributed by atoms with Crippen molar-refractivity contribution < 1.29 is 126 Å². The molecule has 0 saturated carbocycles. The lowest BCUT2D eigenvalue weighted by Crippen LogP contribution is -2.61. The Balaban J connectivity index is 1.59. The number of hydrogen-bond acceptors (Lipinski definition) is 27. The monoisotopic (exact) mass is 1900 g/mol. The summed E-state index contributed by atoms with van der Waals surface area (Å²) < 4.78 is 0. The van der Waals surface area contributed by atoms with Crippen LogP contribution in [0.25, 0.3) is 0 Å². The molecule has 2 fully saturated rings. The van der Waals surface area contributed by atoms with Gasteiger partial charge in [-0.2, -0.15) is 0 Å². The molecule has 0 aromatic heterocycles. The summed E-state index contributed by atoms with van der Waals surface area (Å²) in [6.45, 7) is 15.4. The van der Waals surface area contributed by atoms with Gasteiger partial charge in [0.1, 0.15) is 109 Å². The molecule has 0 radical (unpaired) electrons. The van der Waals surface area contributed by atoms with Crippen molar-refractivity contribution in [2.45, 2.75) is 300 Å². The number of hydrogen-bond donors (Lipinski definition) is 25. The summed E-state index contributed by atoms with van der Waals surface area (Å²) in [6.07, 6.45) is -4.97. The third kappa shape index (κ3) is 39.6. The van der Waals surface area contributed by atoms with Gasteiger partial charge in [-0.1, -0.05) is 90.4 Å². The molecule has 0 aliphatic carbocycles. The molecule has 48 nitrogen and oxygen atoms in total. The normalized spacial score (nSPS) is 17.1. The number of unbranched alkanes of at least 4 members (excludes halogenated alkanes) is 1. The summed E-state index contributed by atoms with van der Waals surface area (Å²) in [5.41, 5.74) is 29.1. The fraction of sp³-hybridized carbons (Fsp3) is 0.621. The highest BCUT2D eigenvalue weighted by Gasteiger charge is 2.45. The first-order valence-corrected chi connectivity index (χ1v) is 45.0. The van der Waals surface area contributed by atoms with E-state index in [1.165, 1.54) is 45.0 Å². The Bertz CT molecular complexity index is 4450. The Morgan fingerprint density at radius 2 is 0.778 bits per heavy atom. The Morgan fingerprint density at radius 1 is 0.400 bits per heavy atom. The lowest BCUT2D eigenvalue weighted by molar-refractivity contribution is -0.147. The highest BCUT2D eigenvalue weighted by Crippen LogP contribution is 2.25. The molecule has 4 rings (SSSR count). The largest absolute Gasteiger partial charge is 0.508 e. The molecule has 0 spiro atoms. The number of nitrogens with one attached hydrogen (secondary N) is 15. The molecular formula is C87H136N22O26. The smallest absolute Gasteiger partial charge is 0.326 e. The maximum Gasteiger partial charge on any atom is 0.326 e. The van der Waals surface area contributed by atoms with Crippen molar-refractivity contribution >= 4 is 124 Å². The van der Waals surface area contributed by atoms with Gasteiger partial charge in [-0.25, -0.2) is 4.79 Å². The molecule has 2 aromatic rings. The van der Waals surface area contributed by atoms with Crippen LogP contribution in [-0.2, 0) is 114 Å². The first kappa shape index (κ1) is 114. The van der Waals surface area contributed by atoms with E-state index in [9.17, 15) is 121 Å². The number of likely N-dealkylation sites (tertiary alicyclic amines) is 2. The zero-order valence-corrected chi connectivity index (χ0v) is 77.7. The molecule has 2 saturated heterocycles. The van der Waals surface area contributed by atoms with Crippen molar-refractivity contribution in [3.63, 3.8) is 0 Å². The molecule has 2 aliphatic heterocycles. The molecule has 750 valence electrons. The molecule has 17 amide bonds. The number of rotatable bonds is 59. The number of phenolic OH excluding ortho intramolecular Hbond substituents is 1. The molecule has 48 heteroatoms. The first-order valence-electron chi connectivity index (χ1n) is 45.0. The lowest BCUT2D eigenvalue weighted by Gasteiger charge is -2.33. The standard InChI is InChI=1S/C87H136N22O26/c1-11-45(6)69(107-81(129)61(41-67(114)115)104-77(125)57(37-44(4)5)102-79(127)59(39-51-26-28-52(110)29-27-51)103-80(128)60(40-66(112)113)105-83(131)64-25-18-34-108(64)84(132)49(10)96-70(118)46(7)89)85(133)109-35-19-24-63(109)82(130)95-48(9)71(119)100-58(38-50-20-13-12-14-21-50)78(126)101-56(36-43(2)3)76(124)98-54(23-17-33-93-87(91)92)75(123)97-53(22-15-16-32-88)74(122)99-55(30-31-65(90)111)73(121)94-47(8)72(120)106-62(86(134)135)42-68(116)117/h12-14,20-21,26-29,43-49,53-64,69,87,93,110H,11,15-19,22-25,30-42,88-89,91-92H2,1-10H3,(H2,90,111)(H,94,121)(H,95,130)(H,96,118)(H,97,123)(H,98,124)(H,99,122)(H,100,119)(H,101,126)(H,102,127)(H,103,128)(H,104,125)(H,105,131)(H,106,120)(H,107,129)(H,112,113)(H,114,115)(H,116,117)(H,134,135)/t45-,46-,47-,48-,49-,53-,54-,55-,56-,57-,58-,59-,60-,61-,62-,63-,64-,69-/m0/s1. The SMILES string of the molecule is CC[C@H](C)[C@H](NC(=O)[C@H](CC(=O)O)NC(=O)[C@H](CC(C)C)NC(=O)[C@H](Cc1ccc(O)cc1)NC(=O)[C@H](CC(=O)O)NC(=O)[C@@H]1CCCN1C(=O)[C@H](C)NC(=O)[C@H](C)N)C(=O)N1CCC[C@H]1C(=O)N[C@@H](C)C(=O)N[C@@H](Cc1ccccc1)C(=O)N[C@@H](CC(C)C)C(=O)N[C@@H](CCCNC(N)N)C(=O)N[C@@H](CCCCN)C(=O)N[C@@H](CCC(N)=O)C(=O)N[C@@H](C)C(=O)N[C@@H](CC(=O)O)C(=O)O. The topological polar surface area (TPSA) is 777 Å². The number of carbonyl (C=O) groups excluding carboxylic acids is 17. The Hall–Kier alpha value is -13.1. The molecule has 2 aromatic carbocycles. The summed E-state index contributed by atoms with van der Waals surface area (Å²) in [7, 11) is 0. The van der Waals surface area contributed by atoms with Crippen molar-refractivity contribution in [2.24, 2.45) is 46.4 Å². The predicted octanol–water partition coefficient (Wildman–Crippen LogP) is -6.03. The van der Waals surface area contributed by atoms with Gasteiger partial charge < -0.3 is 138 Å². The third-order valence-electron chi connectivity index (χ3n) is 22.3. The van der Waals surface area contributed by atoms with Crippen molar-refractivity contribution in [3.05, 3.63) is 65.7 Å². The summed E-state index contributed by atoms with van der Waals surface area (Å²) in [4.78, 5) is 290. The molecular weight excluding hydrogens is 1770 g/mol. The molecule has 30 N–H and O–H groups in total. The van der Waals surface area contributed by atoms with E-state index in [4.69, 9.17) is 33.8 Å². The predicted molar refractivity (Wildman–Crippen MR) is 483 cm³/mol. The van der Waals surface area contributed by atoms with E-state index < -0.39 is 284 Å². The van der Waals surface area contributed by atoms with E-state index in [2.05, 4.69) is 74.4 Å². The second kappa shape index (κ2) is 56.8. The number of nitrogens with two attached hydrogens (primary N) is 5. The van der Waals surface area contributed by atoms with Gasteiger partial charge in [-0.15, -0.1) is 0 Å². The molecule has 2 heterocycles. The molecule has 0 unspecified atom stereocenters. The summed E-state index contributed by atoms with van der Waals surface area (Å²) in [5.74, 6) is -24.7. The summed E-state index contributed by atoms with van der Waals surface area (Å²) >= 11 is 0. The summed E-state index contributed by atoms with van der Waals surface area (Å²) in [6, 6.07) is -12.4. The fourth-order valence-electron chi connectivity index (χ4n) is 14.7. The van der Waals surface area contributed by atoms with Crippen LogP contribution in [0.5, 0.6) is 5.75 Å². The van der Waals surface area contributed by atoms with Gasteiger partial charge in [0.05, 0.1) is 25.3 Å². The lowest BCUT2D eigenvalue weighted by atomic mass is 9.96. The average molecular weight is 1910 g/mol. The molecule has 0 bridgehead atoms. The van der Waals surface area contributed by atoms with Gasteiger partial charge in [-0.3, -0.25) is 101 Å². The van der Waals surface area contributed by atoms with Crippen LogP contribution in [0, 0.1) is 17.8 Å². The van der Waals surface area contributed by atoms with Gasteiger partial charge >= 0.3 is 23.9 Å². The van der Waals surface area contributed by atoms with E-state index in [0.29, 0.717) is 24.0 Å². The molecule has 135 heavy (non-hydrogen) atoms. The van der Waals surface area contributed by atoms with E-state index >= 15 is 0 Å². The van der Waals surface area contributed by atoms with Gasteiger partial charge in [0.2, 0.25) is 100 Å². The zero-order chi connectivity index (χ0) is 101. The average Bonchev–Trinajstić information content (AvgIpc) is 1.70. The minimum atomic E-state index is -1.98. The van der Waals surface area contributed by atoms with Crippen molar-refractivity contribution in [3.8, 4) is 5.75 Å². The van der Waals surface area contributed by atoms with Crippen LogP contribution in [0.3, 0.4) is 0 Å². The first-order chi connectivity index (χ1) is 63.4. The number of carboxylic acid groups (broad SMARTS) is 4. The number of amides is 17. The highest BCUT2D eigenvalue weighted by molar-refractivity contribution is 6.02. The maximum absolute atomic E-state index is 15.0. The quantitative estimate of drug-likeness (QED) is 0.0216. The van der Waals surface area contributed by atoms with E-state index in [-0.39, 0.29) is 108 Å². The fourth-order valence-corrected chi connectivity index (χ4v) is 14.7. The maximum atomic E-state index is 15.0. The van der Waals surface area contributed by atoms with Crippen molar-refractivity contribution in [2.75, 3.05) is 26.2 Å². The van der Waals surface area contributed by atoms with Gasteiger partial charge in [-0.05, 0) is 159 Å². The zero-order valence-electron chi connectivity index (χ0n) is 77.7. The van der Waals surface area contributed by atoms with Crippen LogP contribution in [0.4, 0.5) is 0 Å². The Labute approximate surface area is 781 Å². The number of carbonyl (C=O) groups is 21. The highest BCUT2D eigenvalue weighted by atomic mass is 16.4. The molecule has 2 aliphatic rings. The minimum absolute atomic E-state index is 0.0185. The van der Waals surface area contributed by atoms with Crippen molar-refractivity contribution in [1.82, 2.24) is 89.6 Å². The Morgan fingerprint density at radius 3 is 1.24 bits per heavy atom. The van der Waals surface area contributed by atoms with Crippen LogP contribution in [0.1, 0.15) is 190 Å². The van der Waals surface area contributed by atoms with Gasteiger partial charge in [0.25, 0.3) is 0 Å². The van der Waals surface area contributed by atoms with Crippen LogP contribution in [-0.4, -0.2) is 295 Å². The van der Waals surface area contributed by atoms with Gasteiger partial charge in [0, 0.05) is 32.4 Å². The van der Waals surface area contributed by atoms with Crippen LogP contribution in [0.2, 0.25) is 0 Å². The van der Waals surface area contributed by atoms with E-state index in [1.54, 1.807) is 71.9 Å². The molecule has 18 atom stereocenters. The van der Waals surface area contributed by atoms with Crippen LogP contribution < -0.4 is 108 Å². The number of aromatic hydroxyl groups is 1. The third-order valence-corrected chi connectivity index (χ3v) is 22.3. The number of phenols is 1. The number of carboxylic acids is 4. The Kier molecular flexibility index (Phi) is 48.1. The summed E-state index contributed by atoms with van der Waals surface area (Å²) in [5, 5.41) is 86.6. The number of primary amides is 1. The van der Waals surface area contributed by atoms with Crippen LogP contribution >= 0.6 is 0 Å². The van der Waals surface area contributed by atoms with E-state index in [1.807, 2.05) is 5.32 Å². The number of nitrogens with zero attached hydrogens (tertiary/aromatic N) is 2. The van der Waals surface area contributed by atoms with Crippen molar-refractivity contribution in [1.29, 1.82) is 0 Å².